The summed E-state index contributed by atoms with van der Waals surface area (Å²) in [5, 5.41) is 5.88. The summed E-state index contributed by atoms with van der Waals surface area (Å²) in [7, 11) is 1.75. The van der Waals surface area contributed by atoms with Crippen molar-refractivity contribution in [3.05, 3.63) is 71.3 Å². The van der Waals surface area contributed by atoms with Gasteiger partial charge in [0, 0.05) is 52.2 Å². The van der Waals surface area contributed by atoms with E-state index in [-0.39, 0.29) is 18.4 Å². The number of nitrogens with one attached hydrogen (secondary N) is 2. The standard InChI is InChI=1S/C25H34N4O2/c1-3-23(29-16-14-21-11-7-8-12-22(21)19-29)17-27-24(30)13-15-26-25(31)28(2)18-20-9-5-4-6-10-20/h4-12,23H,3,13-19H2,1-2H3,(H,26,31)(H,27,30). The Balaban J connectivity index is 1.36. The fourth-order valence-corrected chi connectivity index (χ4v) is 4.03. The van der Waals surface area contributed by atoms with Gasteiger partial charge < -0.3 is 15.5 Å². The molecule has 0 spiro atoms. The van der Waals surface area contributed by atoms with E-state index in [1.54, 1.807) is 11.9 Å². The smallest absolute Gasteiger partial charge is 0.317 e. The Hall–Kier alpha value is -2.86. The molecular weight excluding hydrogens is 388 g/mol. The van der Waals surface area contributed by atoms with Crippen molar-refractivity contribution in [1.82, 2.24) is 20.4 Å². The molecule has 6 heteroatoms. The fourth-order valence-electron chi connectivity index (χ4n) is 4.03. The molecule has 1 unspecified atom stereocenters. The highest BCUT2D eigenvalue weighted by Crippen LogP contribution is 2.21. The maximum Gasteiger partial charge on any atom is 0.317 e. The molecule has 0 aromatic heterocycles. The maximum atomic E-state index is 12.3. The number of carbonyl (C=O) groups excluding carboxylic acids is 2. The molecule has 0 bridgehead atoms. The second-order valence-corrected chi connectivity index (χ2v) is 8.18. The van der Waals surface area contributed by atoms with Crippen molar-refractivity contribution in [2.24, 2.45) is 0 Å². The molecule has 1 aliphatic heterocycles. The summed E-state index contributed by atoms with van der Waals surface area (Å²) in [5.41, 5.74) is 3.90. The van der Waals surface area contributed by atoms with Gasteiger partial charge in [0.05, 0.1) is 0 Å². The molecule has 1 aliphatic rings. The molecule has 3 amide bonds. The Morgan fingerprint density at radius 1 is 1.03 bits per heavy atom. The number of hydrogen-bond acceptors (Lipinski definition) is 3. The summed E-state index contributed by atoms with van der Waals surface area (Å²) >= 11 is 0. The highest BCUT2D eigenvalue weighted by atomic mass is 16.2. The zero-order valence-electron chi connectivity index (χ0n) is 18.6. The van der Waals surface area contributed by atoms with Gasteiger partial charge in [-0.25, -0.2) is 4.79 Å². The molecule has 0 aliphatic carbocycles. The minimum atomic E-state index is -0.171. The number of rotatable bonds is 9. The third-order valence-electron chi connectivity index (χ3n) is 5.92. The van der Waals surface area contributed by atoms with Crippen LogP contribution in [0.3, 0.4) is 0 Å². The lowest BCUT2D eigenvalue weighted by molar-refractivity contribution is -0.121. The first-order valence-corrected chi connectivity index (χ1v) is 11.2. The number of amides is 3. The van der Waals surface area contributed by atoms with Gasteiger partial charge in [-0.05, 0) is 29.5 Å². The van der Waals surface area contributed by atoms with Gasteiger partial charge in [-0.15, -0.1) is 0 Å². The summed E-state index contributed by atoms with van der Waals surface area (Å²) in [6.45, 7) is 5.64. The number of hydrogen-bond donors (Lipinski definition) is 2. The highest BCUT2D eigenvalue weighted by molar-refractivity contribution is 5.78. The lowest BCUT2D eigenvalue weighted by atomic mass is 9.98. The summed E-state index contributed by atoms with van der Waals surface area (Å²) in [6.07, 6.45) is 2.33. The maximum absolute atomic E-state index is 12.3. The third kappa shape index (κ3) is 6.82. The molecule has 6 nitrogen and oxygen atoms in total. The molecule has 1 atom stereocenters. The zero-order chi connectivity index (χ0) is 22.1. The van der Waals surface area contributed by atoms with Crippen LogP contribution in [0.4, 0.5) is 4.79 Å². The van der Waals surface area contributed by atoms with Crippen LogP contribution in [0.1, 0.15) is 36.5 Å². The molecular formula is C25H34N4O2. The molecule has 2 aromatic carbocycles. The van der Waals surface area contributed by atoms with Gasteiger partial charge in [0.25, 0.3) is 0 Å². The molecule has 1 heterocycles. The highest BCUT2D eigenvalue weighted by Gasteiger charge is 2.22. The van der Waals surface area contributed by atoms with Crippen LogP contribution in [0.5, 0.6) is 0 Å². The quantitative estimate of drug-likeness (QED) is 0.652. The molecule has 3 rings (SSSR count). The molecule has 0 saturated heterocycles. The zero-order valence-corrected chi connectivity index (χ0v) is 18.6. The van der Waals surface area contributed by atoms with Crippen LogP contribution in [0.25, 0.3) is 0 Å². The number of carbonyl (C=O) groups is 2. The van der Waals surface area contributed by atoms with E-state index in [2.05, 4.69) is 46.7 Å². The molecule has 31 heavy (non-hydrogen) atoms. The van der Waals surface area contributed by atoms with Gasteiger partial charge >= 0.3 is 6.03 Å². The second kappa shape index (κ2) is 11.5. The average Bonchev–Trinajstić information content (AvgIpc) is 2.80. The normalized spacial score (nSPS) is 14.4. The first-order chi connectivity index (χ1) is 15.1. The largest absolute Gasteiger partial charge is 0.354 e. The Labute approximate surface area is 185 Å². The van der Waals surface area contributed by atoms with E-state index < -0.39 is 0 Å². The van der Waals surface area contributed by atoms with E-state index in [4.69, 9.17) is 0 Å². The van der Waals surface area contributed by atoms with Crippen molar-refractivity contribution < 1.29 is 9.59 Å². The summed E-state index contributed by atoms with van der Waals surface area (Å²) in [4.78, 5) is 28.6. The van der Waals surface area contributed by atoms with Crippen molar-refractivity contribution in [2.75, 3.05) is 26.7 Å². The van der Waals surface area contributed by atoms with Crippen LogP contribution < -0.4 is 10.6 Å². The minimum absolute atomic E-state index is 0.0260. The van der Waals surface area contributed by atoms with E-state index in [0.717, 1.165) is 31.5 Å². The van der Waals surface area contributed by atoms with E-state index >= 15 is 0 Å². The van der Waals surface area contributed by atoms with E-state index in [9.17, 15) is 9.59 Å². The number of urea groups is 1. The third-order valence-corrected chi connectivity index (χ3v) is 5.92. The second-order valence-electron chi connectivity index (χ2n) is 8.18. The van der Waals surface area contributed by atoms with Gasteiger partial charge in [-0.2, -0.15) is 0 Å². The predicted octanol–water partition coefficient (Wildman–Crippen LogP) is 3.17. The number of fused-ring (bicyclic) bond motifs is 1. The summed E-state index contributed by atoms with van der Waals surface area (Å²) < 4.78 is 0. The Morgan fingerprint density at radius 2 is 1.74 bits per heavy atom. The van der Waals surface area contributed by atoms with Gasteiger partial charge in [-0.3, -0.25) is 9.69 Å². The van der Waals surface area contributed by atoms with Crippen LogP contribution in [-0.2, 0) is 24.3 Å². The van der Waals surface area contributed by atoms with Crippen molar-refractivity contribution >= 4 is 11.9 Å². The van der Waals surface area contributed by atoms with Crippen LogP contribution >= 0.6 is 0 Å². The van der Waals surface area contributed by atoms with Crippen LogP contribution in [0, 0.1) is 0 Å². The molecule has 0 saturated carbocycles. The first kappa shape index (κ1) is 22.8. The fraction of sp³-hybridized carbons (Fsp3) is 0.440. The first-order valence-electron chi connectivity index (χ1n) is 11.2. The predicted molar refractivity (Wildman–Crippen MR) is 124 cm³/mol. The van der Waals surface area contributed by atoms with Crippen molar-refractivity contribution in [2.45, 2.75) is 45.3 Å². The van der Waals surface area contributed by atoms with Crippen molar-refractivity contribution in [3.8, 4) is 0 Å². The molecule has 0 radical (unpaired) electrons. The molecule has 166 valence electrons. The molecule has 0 fully saturated rings. The average molecular weight is 423 g/mol. The monoisotopic (exact) mass is 422 g/mol. The van der Waals surface area contributed by atoms with Gasteiger partial charge in [-0.1, -0.05) is 61.5 Å². The Morgan fingerprint density at radius 3 is 2.48 bits per heavy atom. The SMILES string of the molecule is CCC(CNC(=O)CCNC(=O)N(C)Cc1ccccc1)N1CCc2ccccc2C1. The van der Waals surface area contributed by atoms with E-state index in [0.29, 0.717) is 25.7 Å². The van der Waals surface area contributed by atoms with Gasteiger partial charge in [0.15, 0.2) is 0 Å². The lowest BCUT2D eigenvalue weighted by Gasteiger charge is -2.35. The van der Waals surface area contributed by atoms with E-state index in [1.165, 1.54) is 11.1 Å². The molecule has 2 aromatic rings. The lowest BCUT2D eigenvalue weighted by Crippen LogP contribution is -2.46. The topological polar surface area (TPSA) is 64.7 Å². The van der Waals surface area contributed by atoms with Crippen LogP contribution in [0.15, 0.2) is 54.6 Å². The summed E-state index contributed by atoms with van der Waals surface area (Å²) in [6, 6.07) is 18.6. The number of benzene rings is 2. The Bertz CT molecular complexity index is 856. The Kier molecular flexibility index (Phi) is 8.47. The van der Waals surface area contributed by atoms with Crippen molar-refractivity contribution in [1.29, 1.82) is 0 Å². The van der Waals surface area contributed by atoms with Crippen LogP contribution in [0.2, 0.25) is 0 Å². The van der Waals surface area contributed by atoms with Gasteiger partial charge in [0.2, 0.25) is 5.91 Å². The van der Waals surface area contributed by atoms with E-state index in [1.807, 2.05) is 30.3 Å². The van der Waals surface area contributed by atoms with Gasteiger partial charge in [0.1, 0.15) is 0 Å². The van der Waals surface area contributed by atoms with Crippen molar-refractivity contribution in [3.63, 3.8) is 0 Å². The summed E-state index contributed by atoms with van der Waals surface area (Å²) in [5.74, 6) is -0.0260. The van der Waals surface area contributed by atoms with Crippen LogP contribution in [-0.4, -0.2) is 54.5 Å². The number of nitrogens with zero attached hydrogens (tertiary/aromatic N) is 2. The minimum Gasteiger partial charge on any atom is -0.354 e. The molecule has 2 N–H and O–H groups in total.